The Labute approximate surface area is 159 Å². The lowest BCUT2D eigenvalue weighted by Gasteiger charge is -2.15. The van der Waals surface area contributed by atoms with Gasteiger partial charge in [-0.25, -0.2) is 4.79 Å². The van der Waals surface area contributed by atoms with E-state index in [1.807, 2.05) is 48.5 Å². The summed E-state index contributed by atoms with van der Waals surface area (Å²) in [6.07, 6.45) is 0.335. The lowest BCUT2D eigenvalue weighted by Crippen LogP contribution is -2.24. The number of amides is 1. The highest BCUT2D eigenvalue weighted by molar-refractivity contribution is 5.96. The Morgan fingerprint density at radius 2 is 1.96 bits per heavy atom. The van der Waals surface area contributed by atoms with Crippen LogP contribution in [0.15, 0.2) is 57.8 Å². The van der Waals surface area contributed by atoms with Crippen molar-refractivity contribution in [2.24, 2.45) is 7.05 Å². The van der Waals surface area contributed by atoms with E-state index >= 15 is 0 Å². The first-order chi connectivity index (χ1) is 13.6. The SMILES string of the molecule is Cn1c(=O)[nH]c2cc(-c3noc([C@H]4CC(=O)N(c5ccccc5)C4)n3)ccc21. The van der Waals surface area contributed by atoms with Crippen LogP contribution in [0.25, 0.3) is 22.4 Å². The second-order valence-electron chi connectivity index (χ2n) is 6.92. The van der Waals surface area contributed by atoms with E-state index in [1.54, 1.807) is 16.5 Å². The van der Waals surface area contributed by atoms with Crippen LogP contribution in [-0.2, 0) is 11.8 Å². The maximum atomic E-state index is 12.4. The highest BCUT2D eigenvalue weighted by Crippen LogP contribution is 2.32. The number of nitrogens with one attached hydrogen (secondary N) is 1. The van der Waals surface area contributed by atoms with Crippen molar-refractivity contribution in [3.63, 3.8) is 0 Å². The summed E-state index contributed by atoms with van der Waals surface area (Å²) in [6.45, 7) is 0.509. The summed E-state index contributed by atoms with van der Waals surface area (Å²) in [5.74, 6) is 0.782. The highest BCUT2D eigenvalue weighted by atomic mass is 16.5. The lowest BCUT2D eigenvalue weighted by molar-refractivity contribution is -0.117. The van der Waals surface area contributed by atoms with Gasteiger partial charge in [0.2, 0.25) is 17.6 Å². The summed E-state index contributed by atoms with van der Waals surface area (Å²) >= 11 is 0. The van der Waals surface area contributed by atoms with Crippen molar-refractivity contribution in [1.82, 2.24) is 19.7 Å². The second kappa shape index (κ2) is 6.19. The molecule has 1 amide bonds. The first-order valence-electron chi connectivity index (χ1n) is 8.98. The third-order valence-electron chi connectivity index (χ3n) is 5.15. The zero-order chi connectivity index (χ0) is 19.3. The van der Waals surface area contributed by atoms with Crippen LogP contribution in [-0.4, -0.2) is 32.1 Å². The van der Waals surface area contributed by atoms with E-state index in [0.717, 1.165) is 16.8 Å². The molecule has 1 saturated heterocycles. The zero-order valence-corrected chi connectivity index (χ0v) is 15.1. The van der Waals surface area contributed by atoms with Crippen LogP contribution in [0.4, 0.5) is 5.69 Å². The fourth-order valence-electron chi connectivity index (χ4n) is 3.62. The van der Waals surface area contributed by atoms with E-state index in [1.165, 1.54) is 0 Å². The van der Waals surface area contributed by atoms with Gasteiger partial charge in [0.05, 0.1) is 17.0 Å². The third-order valence-corrected chi connectivity index (χ3v) is 5.15. The van der Waals surface area contributed by atoms with Gasteiger partial charge >= 0.3 is 5.69 Å². The average molecular weight is 375 g/mol. The van der Waals surface area contributed by atoms with Crippen molar-refractivity contribution >= 4 is 22.6 Å². The predicted octanol–water partition coefficient (Wildman–Crippen LogP) is 2.44. The quantitative estimate of drug-likeness (QED) is 0.593. The number of rotatable bonds is 3. The van der Waals surface area contributed by atoms with Crippen molar-refractivity contribution in [2.45, 2.75) is 12.3 Å². The number of anilines is 1. The molecule has 140 valence electrons. The Bertz CT molecular complexity index is 1240. The molecule has 0 spiro atoms. The number of hydrogen-bond acceptors (Lipinski definition) is 5. The fraction of sp³-hybridized carbons (Fsp3) is 0.200. The Morgan fingerprint density at radius 1 is 1.14 bits per heavy atom. The molecule has 1 fully saturated rings. The van der Waals surface area contributed by atoms with Gasteiger partial charge in [-0.15, -0.1) is 0 Å². The molecular weight excluding hydrogens is 358 g/mol. The van der Waals surface area contributed by atoms with Gasteiger partial charge in [-0.2, -0.15) is 4.98 Å². The van der Waals surface area contributed by atoms with Gasteiger partial charge in [-0.05, 0) is 30.3 Å². The zero-order valence-electron chi connectivity index (χ0n) is 15.1. The molecule has 0 bridgehead atoms. The molecule has 8 heteroatoms. The number of para-hydroxylation sites is 1. The summed E-state index contributed by atoms with van der Waals surface area (Å²) in [7, 11) is 1.71. The van der Waals surface area contributed by atoms with Crippen LogP contribution in [0.2, 0.25) is 0 Å². The number of aromatic amines is 1. The number of carbonyl (C=O) groups excluding carboxylic acids is 1. The minimum atomic E-state index is -0.175. The minimum Gasteiger partial charge on any atom is -0.339 e. The van der Waals surface area contributed by atoms with Gasteiger partial charge in [0.25, 0.3) is 0 Å². The molecule has 0 unspecified atom stereocenters. The van der Waals surface area contributed by atoms with Crippen molar-refractivity contribution in [3.8, 4) is 11.4 Å². The number of fused-ring (bicyclic) bond motifs is 1. The molecular formula is C20H17N5O3. The number of benzene rings is 2. The van der Waals surface area contributed by atoms with E-state index in [-0.39, 0.29) is 17.5 Å². The second-order valence-corrected chi connectivity index (χ2v) is 6.92. The topological polar surface area (TPSA) is 97.0 Å². The van der Waals surface area contributed by atoms with Crippen molar-refractivity contribution in [1.29, 1.82) is 0 Å². The molecule has 2 aromatic carbocycles. The summed E-state index contributed by atoms with van der Waals surface area (Å²) in [5.41, 5.74) is 2.95. The molecule has 4 aromatic rings. The number of H-pyrrole nitrogens is 1. The first-order valence-corrected chi connectivity index (χ1v) is 8.98. The van der Waals surface area contributed by atoms with Crippen LogP contribution in [0, 0.1) is 0 Å². The normalized spacial score (nSPS) is 17.0. The Morgan fingerprint density at radius 3 is 2.79 bits per heavy atom. The van der Waals surface area contributed by atoms with E-state index < -0.39 is 0 Å². The number of imidazole rings is 1. The maximum absolute atomic E-state index is 12.4. The Kier molecular flexibility index (Phi) is 3.65. The molecule has 1 aliphatic rings. The van der Waals surface area contributed by atoms with E-state index in [2.05, 4.69) is 15.1 Å². The summed E-state index contributed by atoms with van der Waals surface area (Å²) in [6, 6.07) is 15.1. The summed E-state index contributed by atoms with van der Waals surface area (Å²) in [5, 5.41) is 4.08. The fourth-order valence-corrected chi connectivity index (χ4v) is 3.62. The third kappa shape index (κ3) is 2.61. The number of nitrogens with zero attached hydrogens (tertiary/aromatic N) is 4. The van der Waals surface area contributed by atoms with Crippen LogP contribution in [0.5, 0.6) is 0 Å². The smallest absolute Gasteiger partial charge is 0.326 e. The van der Waals surface area contributed by atoms with Crippen LogP contribution in [0.3, 0.4) is 0 Å². The average Bonchev–Trinajstić information content (AvgIpc) is 3.41. The number of hydrogen-bond donors (Lipinski definition) is 1. The molecule has 2 aromatic heterocycles. The molecule has 8 nitrogen and oxygen atoms in total. The molecule has 1 N–H and O–H groups in total. The molecule has 0 saturated carbocycles. The van der Waals surface area contributed by atoms with Crippen molar-refractivity contribution in [2.75, 3.05) is 11.4 Å². The molecule has 1 atom stereocenters. The van der Waals surface area contributed by atoms with Gasteiger partial charge in [0.1, 0.15) is 0 Å². The molecule has 28 heavy (non-hydrogen) atoms. The largest absolute Gasteiger partial charge is 0.339 e. The van der Waals surface area contributed by atoms with Crippen molar-refractivity contribution < 1.29 is 9.32 Å². The Hall–Kier alpha value is -3.68. The minimum absolute atomic E-state index is 0.0410. The Balaban J connectivity index is 1.42. The number of aromatic nitrogens is 4. The molecule has 0 radical (unpaired) electrons. The van der Waals surface area contributed by atoms with Gasteiger partial charge in [-0.1, -0.05) is 23.4 Å². The predicted molar refractivity (Wildman–Crippen MR) is 103 cm³/mol. The van der Waals surface area contributed by atoms with Crippen LogP contribution in [0.1, 0.15) is 18.2 Å². The molecule has 0 aliphatic carbocycles. The van der Waals surface area contributed by atoms with Crippen molar-refractivity contribution in [3.05, 3.63) is 64.9 Å². The maximum Gasteiger partial charge on any atom is 0.326 e. The van der Waals surface area contributed by atoms with Gasteiger partial charge in [0.15, 0.2) is 0 Å². The molecule has 5 rings (SSSR count). The number of carbonyl (C=O) groups is 1. The monoisotopic (exact) mass is 375 g/mol. The standard InChI is InChI=1S/C20H17N5O3/c1-24-16-8-7-12(9-15(16)21-20(24)27)18-22-19(28-23-18)13-10-17(26)25(11-13)14-5-3-2-4-6-14/h2-9,13H,10-11H2,1H3,(H,21,27)/t13-/m0/s1. The first kappa shape index (κ1) is 16.5. The van der Waals surface area contributed by atoms with Crippen LogP contribution < -0.4 is 10.6 Å². The highest BCUT2D eigenvalue weighted by Gasteiger charge is 2.35. The van der Waals surface area contributed by atoms with Gasteiger partial charge in [0, 0.05) is 31.3 Å². The van der Waals surface area contributed by atoms with Gasteiger partial charge in [-0.3, -0.25) is 9.36 Å². The van der Waals surface area contributed by atoms with Gasteiger partial charge < -0.3 is 14.4 Å². The van der Waals surface area contributed by atoms with E-state index in [4.69, 9.17) is 4.52 Å². The number of aryl methyl sites for hydroxylation is 1. The lowest BCUT2D eigenvalue weighted by atomic mass is 10.1. The molecule has 3 heterocycles. The van der Waals surface area contributed by atoms with E-state index in [0.29, 0.717) is 30.2 Å². The molecule has 1 aliphatic heterocycles. The summed E-state index contributed by atoms with van der Waals surface area (Å²) in [4.78, 5) is 33.2. The van der Waals surface area contributed by atoms with E-state index in [9.17, 15) is 9.59 Å². The summed E-state index contributed by atoms with van der Waals surface area (Å²) < 4.78 is 7.00. The van der Waals surface area contributed by atoms with Crippen LogP contribution >= 0.6 is 0 Å².